The monoisotopic (exact) mass is 360 g/mol. The SMILES string of the molecule is CC(Nc1ccc(OC2CCCC2)cc1)C(=O)Nc1ccc(F)c(F)c1. The van der Waals surface area contributed by atoms with Gasteiger partial charge in [0, 0.05) is 17.4 Å². The van der Waals surface area contributed by atoms with Gasteiger partial charge in [0.25, 0.3) is 0 Å². The lowest BCUT2D eigenvalue weighted by Gasteiger charge is -2.17. The van der Waals surface area contributed by atoms with E-state index < -0.39 is 17.7 Å². The second kappa shape index (κ2) is 8.17. The van der Waals surface area contributed by atoms with E-state index in [4.69, 9.17) is 4.74 Å². The average molecular weight is 360 g/mol. The van der Waals surface area contributed by atoms with E-state index in [0.29, 0.717) is 6.10 Å². The molecule has 6 heteroatoms. The number of nitrogens with one attached hydrogen (secondary N) is 2. The molecule has 4 nitrogen and oxygen atoms in total. The molecule has 2 aromatic carbocycles. The van der Waals surface area contributed by atoms with Gasteiger partial charge in [-0.25, -0.2) is 8.78 Å². The van der Waals surface area contributed by atoms with Crippen LogP contribution in [0.15, 0.2) is 42.5 Å². The van der Waals surface area contributed by atoms with Crippen LogP contribution in [0, 0.1) is 11.6 Å². The van der Waals surface area contributed by atoms with E-state index in [1.54, 1.807) is 6.92 Å². The number of hydrogen-bond acceptors (Lipinski definition) is 3. The van der Waals surface area contributed by atoms with Crippen molar-refractivity contribution in [2.24, 2.45) is 0 Å². The number of hydrogen-bond donors (Lipinski definition) is 2. The van der Waals surface area contributed by atoms with Crippen molar-refractivity contribution in [3.05, 3.63) is 54.1 Å². The largest absolute Gasteiger partial charge is 0.490 e. The van der Waals surface area contributed by atoms with Crippen molar-refractivity contribution in [3.8, 4) is 5.75 Å². The third kappa shape index (κ3) is 4.71. The standard InChI is InChI=1S/C20H22F2N2O2/c1-13(20(25)24-15-8-11-18(21)19(22)12-15)23-14-6-9-17(10-7-14)26-16-4-2-3-5-16/h6-13,16,23H,2-5H2,1H3,(H,24,25). The van der Waals surface area contributed by atoms with Crippen molar-refractivity contribution in [3.63, 3.8) is 0 Å². The Bertz CT molecular complexity index is 759. The van der Waals surface area contributed by atoms with Crippen molar-refractivity contribution in [2.45, 2.75) is 44.8 Å². The highest BCUT2D eigenvalue weighted by atomic mass is 19.2. The van der Waals surface area contributed by atoms with Crippen LogP contribution in [0.5, 0.6) is 5.75 Å². The highest BCUT2D eigenvalue weighted by Crippen LogP contribution is 2.25. The summed E-state index contributed by atoms with van der Waals surface area (Å²) in [6.07, 6.45) is 4.93. The maximum absolute atomic E-state index is 13.2. The highest BCUT2D eigenvalue weighted by molar-refractivity contribution is 5.96. The summed E-state index contributed by atoms with van der Waals surface area (Å²) in [7, 11) is 0. The molecule has 1 aliphatic rings. The van der Waals surface area contributed by atoms with E-state index in [0.717, 1.165) is 36.4 Å². The molecule has 0 saturated heterocycles. The number of carbonyl (C=O) groups is 1. The molecule has 0 heterocycles. The van der Waals surface area contributed by atoms with Gasteiger partial charge in [0.2, 0.25) is 5.91 Å². The molecule has 0 aromatic heterocycles. The molecule has 3 rings (SSSR count). The lowest BCUT2D eigenvalue weighted by molar-refractivity contribution is -0.116. The van der Waals surface area contributed by atoms with E-state index >= 15 is 0 Å². The van der Waals surface area contributed by atoms with Crippen LogP contribution < -0.4 is 15.4 Å². The van der Waals surface area contributed by atoms with Crippen LogP contribution in [0.3, 0.4) is 0 Å². The van der Waals surface area contributed by atoms with Gasteiger partial charge in [0.15, 0.2) is 11.6 Å². The quantitative estimate of drug-likeness (QED) is 0.783. The lowest BCUT2D eigenvalue weighted by atomic mass is 10.2. The van der Waals surface area contributed by atoms with Gasteiger partial charge in [-0.05, 0) is 69.0 Å². The number of rotatable bonds is 6. The number of benzene rings is 2. The number of ether oxygens (including phenoxy) is 1. The highest BCUT2D eigenvalue weighted by Gasteiger charge is 2.17. The van der Waals surface area contributed by atoms with Gasteiger partial charge in [0.1, 0.15) is 11.8 Å². The molecule has 1 unspecified atom stereocenters. The van der Waals surface area contributed by atoms with E-state index in [2.05, 4.69) is 10.6 Å². The Morgan fingerprint density at radius 1 is 1.04 bits per heavy atom. The number of halogens is 2. The second-order valence-electron chi connectivity index (χ2n) is 6.53. The number of carbonyl (C=O) groups excluding carboxylic acids is 1. The molecule has 0 spiro atoms. The molecule has 1 amide bonds. The molecule has 0 bridgehead atoms. The van der Waals surface area contributed by atoms with Gasteiger partial charge in [0.05, 0.1) is 6.10 Å². The van der Waals surface area contributed by atoms with Crippen molar-refractivity contribution in [2.75, 3.05) is 10.6 Å². The summed E-state index contributed by atoms with van der Waals surface area (Å²) >= 11 is 0. The fourth-order valence-corrected chi connectivity index (χ4v) is 2.97. The first kappa shape index (κ1) is 18.2. The van der Waals surface area contributed by atoms with Crippen molar-refractivity contribution in [1.82, 2.24) is 0 Å². The van der Waals surface area contributed by atoms with Crippen LogP contribution in [0.1, 0.15) is 32.6 Å². The van der Waals surface area contributed by atoms with Gasteiger partial charge in [-0.3, -0.25) is 4.79 Å². The molecule has 1 fully saturated rings. The third-order valence-electron chi connectivity index (χ3n) is 4.42. The third-order valence-corrected chi connectivity index (χ3v) is 4.42. The first-order valence-electron chi connectivity index (χ1n) is 8.80. The fraction of sp³-hybridized carbons (Fsp3) is 0.350. The van der Waals surface area contributed by atoms with Crippen LogP contribution in [-0.4, -0.2) is 18.1 Å². The molecular formula is C20H22F2N2O2. The van der Waals surface area contributed by atoms with Crippen molar-refractivity contribution >= 4 is 17.3 Å². The minimum absolute atomic E-state index is 0.211. The van der Waals surface area contributed by atoms with Gasteiger partial charge < -0.3 is 15.4 Å². The fourth-order valence-electron chi connectivity index (χ4n) is 2.97. The Balaban J connectivity index is 1.53. The summed E-state index contributed by atoms with van der Waals surface area (Å²) < 4.78 is 32.0. The average Bonchev–Trinajstić information content (AvgIpc) is 3.13. The van der Waals surface area contributed by atoms with E-state index in [1.165, 1.54) is 18.9 Å². The molecule has 0 radical (unpaired) electrons. The predicted molar refractivity (Wildman–Crippen MR) is 97.4 cm³/mol. The summed E-state index contributed by atoms with van der Waals surface area (Å²) in [6, 6.07) is 10.2. The zero-order valence-corrected chi connectivity index (χ0v) is 14.6. The Morgan fingerprint density at radius 2 is 1.69 bits per heavy atom. The Hall–Kier alpha value is -2.63. The first-order valence-corrected chi connectivity index (χ1v) is 8.80. The smallest absolute Gasteiger partial charge is 0.246 e. The maximum atomic E-state index is 13.2. The number of anilines is 2. The van der Waals surface area contributed by atoms with Crippen LogP contribution in [0.2, 0.25) is 0 Å². The molecule has 1 saturated carbocycles. The molecule has 1 aliphatic carbocycles. The molecule has 26 heavy (non-hydrogen) atoms. The van der Waals surface area contributed by atoms with Gasteiger partial charge in [-0.15, -0.1) is 0 Å². The summed E-state index contributed by atoms with van der Waals surface area (Å²) in [5.41, 5.74) is 0.986. The molecule has 1 atom stereocenters. The summed E-state index contributed by atoms with van der Waals surface area (Å²) in [6.45, 7) is 1.69. The van der Waals surface area contributed by atoms with E-state index in [-0.39, 0.29) is 11.6 Å². The minimum Gasteiger partial charge on any atom is -0.490 e. The Kier molecular flexibility index (Phi) is 5.71. The van der Waals surface area contributed by atoms with Crippen LogP contribution in [0.4, 0.5) is 20.2 Å². The second-order valence-corrected chi connectivity index (χ2v) is 6.53. The zero-order valence-electron chi connectivity index (χ0n) is 14.6. The number of amides is 1. The lowest BCUT2D eigenvalue weighted by Crippen LogP contribution is -2.31. The molecule has 138 valence electrons. The van der Waals surface area contributed by atoms with E-state index in [9.17, 15) is 13.6 Å². The molecule has 2 aromatic rings. The first-order chi connectivity index (χ1) is 12.5. The van der Waals surface area contributed by atoms with Crippen molar-refractivity contribution in [1.29, 1.82) is 0 Å². The topological polar surface area (TPSA) is 50.4 Å². The summed E-state index contributed by atoms with van der Waals surface area (Å²) in [5, 5.41) is 5.63. The minimum atomic E-state index is -0.999. The zero-order chi connectivity index (χ0) is 18.5. The van der Waals surface area contributed by atoms with Gasteiger partial charge in [-0.2, -0.15) is 0 Å². The maximum Gasteiger partial charge on any atom is 0.246 e. The molecular weight excluding hydrogens is 338 g/mol. The summed E-state index contributed by atoms with van der Waals surface area (Å²) in [4.78, 5) is 12.2. The predicted octanol–water partition coefficient (Wildman–Crippen LogP) is 4.73. The van der Waals surface area contributed by atoms with Crippen LogP contribution in [0.25, 0.3) is 0 Å². The Morgan fingerprint density at radius 3 is 2.35 bits per heavy atom. The summed E-state index contributed by atoms with van der Waals surface area (Å²) in [5.74, 6) is -1.47. The van der Waals surface area contributed by atoms with Gasteiger partial charge in [-0.1, -0.05) is 0 Å². The molecule has 0 aliphatic heterocycles. The normalized spacial score (nSPS) is 15.5. The van der Waals surface area contributed by atoms with Gasteiger partial charge >= 0.3 is 0 Å². The Labute approximate surface area is 151 Å². The van der Waals surface area contributed by atoms with Crippen LogP contribution >= 0.6 is 0 Å². The van der Waals surface area contributed by atoms with E-state index in [1.807, 2.05) is 24.3 Å². The van der Waals surface area contributed by atoms with Crippen molar-refractivity contribution < 1.29 is 18.3 Å². The van der Waals surface area contributed by atoms with Crippen LogP contribution in [-0.2, 0) is 4.79 Å². The molecule has 2 N–H and O–H groups in total.